The SMILES string of the molecule is Cc1ccc(C(=O)N/N=C2\CCCc3oc(C(=O)NC(C)C)c(C)c32)cc1. The van der Waals surface area contributed by atoms with Crippen molar-refractivity contribution < 1.29 is 14.0 Å². The topological polar surface area (TPSA) is 83.7 Å². The lowest BCUT2D eigenvalue weighted by Gasteiger charge is -2.13. The highest BCUT2D eigenvalue weighted by molar-refractivity contribution is 6.07. The van der Waals surface area contributed by atoms with Gasteiger partial charge in [0.25, 0.3) is 11.8 Å². The van der Waals surface area contributed by atoms with E-state index in [0.29, 0.717) is 11.3 Å². The lowest BCUT2D eigenvalue weighted by Crippen LogP contribution is -2.30. The molecule has 0 unspecified atom stereocenters. The van der Waals surface area contributed by atoms with Gasteiger partial charge in [0, 0.05) is 29.2 Å². The fraction of sp³-hybridized carbons (Fsp3) is 0.381. The Bertz CT molecular complexity index is 892. The third kappa shape index (κ3) is 4.10. The fourth-order valence-corrected chi connectivity index (χ4v) is 3.21. The maximum Gasteiger partial charge on any atom is 0.287 e. The quantitative estimate of drug-likeness (QED) is 0.811. The van der Waals surface area contributed by atoms with Crippen LogP contribution < -0.4 is 10.7 Å². The first-order valence-corrected chi connectivity index (χ1v) is 9.24. The van der Waals surface area contributed by atoms with Crippen molar-refractivity contribution in [3.8, 4) is 0 Å². The molecule has 2 amide bonds. The normalized spacial score (nSPS) is 14.9. The van der Waals surface area contributed by atoms with Crippen molar-refractivity contribution in [1.29, 1.82) is 0 Å². The predicted octanol–water partition coefficient (Wildman–Crippen LogP) is 3.51. The number of hydrogen-bond acceptors (Lipinski definition) is 4. The molecular formula is C21H25N3O3. The molecule has 0 fully saturated rings. The number of benzene rings is 1. The Morgan fingerprint density at radius 2 is 1.78 bits per heavy atom. The van der Waals surface area contributed by atoms with Crippen molar-refractivity contribution >= 4 is 17.5 Å². The number of fused-ring (bicyclic) bond motifs is 1. The molecule has 0 atom stereocenters. The van der Waals surface area contributed by atoms with E-state index in [0.717, 1.165) is 47.4 Å². The molecule has 0 aliphatic heterocycles. The maximum atomic E-state index is 12.4. The highest BCUT2D eigenvalue weighted by Crippen LogP contribution is 2.29. The van der Waals surface area contributed by atoms with Crippen LogP contribution in [-0.2, 0) is 6.42 Å². The molecule has 1 aliphatic carbocycles. The summed E-state index contributed by atoms with van der Waals surface area (Å²) in [5.74, 6) is 0.609. The summed E-state index contributed by atoms with van der Waals surface area (Å²) < 4.78 is 5.83. The number of aryl methyl sites for hydroxylation is 2. The second-order valence-corrected chi connectivity index (χ2v) is 7.20. The Hall–Kier alpha value is -2.89. The predicted molar refractivity (Wildman–Crippen MR) is 104 cm³/mol. The summed E-state index contributed by atoms with van der Waals surface area (Å²) in [7, 11) is 0. The average Bonchev–Trinajstić information content (AvgIpc) is 2.97. The number of rotatable bonds is 4. The van der Waals surface area contributed by atoms with E-state index in [1.165, 1.54) is 0 Å². The molecule has 142 valence electrons. The Morgan fingerprint density at radius 3 is 2.44 bits per heavy atom. The number of hydrazone groups is 1. The summed E-state index contributed by atoms with van der Waals surface area (Å²) in [6.07, 6.45) is 2.35. The van der Waals surface area contributed by atoms with Gasteiger partial charge in [-0.2, -0.15) is 5.10 Å². The van der Waals surface area contributed by atoms with Crippen molar-refractivity contribution in [1.82, 2.24) is 10.7 Å². The number of nitrogens with zero attached hydrogens (tertiary/aromatic N) is 1. The lowest BCUT2D eigenvalue weighted by atomic mass is 9.93. The van der Waals surface area contributed by atoms with E-state index in [1.807, 2.05) is 39.8 Å². The molecule has 27 heavy (non-hydrogen) atoms. The van der Waals surface area contributed by atoms with Crippen LogP contribution in [0.5, 0.6) is 0 Å². The van der Waals surface area contributed by atoms with E-state index >= 15 is 0 Å². The first-order valence-electron chi connectivity index (χ1n) is 9.24. The molecule has 0 radical (unpaired) electrons. The van der Waals surface area contributed by atoms with Gasteiger partial charge in [-0.05, 0) is 52.7 Å². The van der Waals surface area contributed by atoms with Gasteiger partial charge >= 0.3 is 0 Å². The summed E-state index contributed by atoms with van der Waals surface area (Å²) in [5, 5.41) is 7.20. The summed E-state index contributed by atoms with van der Waals surface area (Å²) in [6, 6.07) is 7.35. The van der Waals surface area contributed by atoms with Crippen LogP contribution in [0, 0.1) is 13.8 Å². The van der Waals surface area contributed by atoms with E-state index in [4.69, 9.17) is 4.42 Å². The summed E-state index contributed by atoms with van der Waals surface area (Å²) in [4.78, 5) is 24.7. The molecular weight excluding hydrogens is 342 g/mol. The van der Waals surface area contributed by atoms with E-state index < -0.39 is 0 Å². The number of hydrogen-bond donors (Lipinski definition) is 2. The maximum absolute atomic E-state index is 12.4. The molecule has 2 N–H and O–H groups in total. The summed E-state index contributed by atoms with van der Waals surface area (Å²) in [6.45, 7) is 7.65. The summed E-state index contributed by atoms with van der Waals surface area (Å²) in [5.41, 5.74) is 6.65. The molecule has 0 saturated carbocycles. The number of furan rings is 1. The van der Waals surface area contributed by atoms with Gasteiger partial charge in [-0.15, -0.1) is 0 Å². The molecule has 1 aromatic carbocycles. The number of carbonyl (C=O) groups is 2. The first-order chi connectivity index (χ1) is 12.9. The highest BCUT2D eigenvalue weighted by Gasteiger charge is 2.28. The van der Waals surface area contributed by atoms with Crippen molar-refractivity contribution in [3.63, 3.8) is 0 Å². The lowest BCUT2D eigenvalue weighted by molar-refractivity contribution is 0.0911. The van der Waals surface area contributed by atoms with E-state index in [2.05, 4.69) is 15.8 Å². The molecule has 1 heterocycles. The van der Waals surface area contributed by atoms with Crippen LogP contribution in [0.3, 0.4) is 0 Å². The van der Waals surface area contributed by atoms with Gasteiger partial charge in [-0.1, -0.05) is 17.7 Å². The standard InChI is InChI=1S/C21H25N3O3/c1-12(2)22-21(26)19-14(4)18-16(6-5-7-17(18)27-19)23-24-20(25)15-10-8-13(3)9-11-15/h8-12H,5-7H2,1-4H3,(H,22,26)(H,24,25)/b23-16+. The minimum atomic E-state index is -0.256. The van der Waals surface area contributed by atoms with Crippen LogP contribution in [0.4, 0.5) is 0 Å². The smallest absolute Gasteiger partial charge is 0.287 e. The second kappa shape index (κ2) is 7.78. The zero-order chi connectivity index (χ0) is 19.6. The van der Waals surface area contributed by atoms with E-state index in [-0.39, 0.29) is 17.9 Å². The molecule has 3 rings (SSSR count). The highest BCUT2D eigenvalue weighted by atomic mass is 16.4. The minimum absolute atomic E-state index is 0.0287. The van der Waals surface area contributed by atoms with Gasteiger partial charge in [0.1, 0.15) is 5.76 Å². The number of carbonyl (C=O) groups excluding carboxylic acids is 2. The Kier molecular flexibility index (Phi) is 5.44. The van der Waals surface area contributed by atoms with Crippen LogP contribution in [-0.4, -0.2) is 23.6 Å². The second-order valence-electron chi connectivity index (χ2n) is 7.20. The van der Waals surface area contributed by atoms with Gasteiger partial charge in [0.2, 0.25) is 0 Å². The largest absolute Gasteiger partial charge is 0.455 e. The third-order valence-corrected chi connectivity index (χ3v) is 4.56. The van der Waals surface area contributed by atoms with Gasteiger partial charge in [-0.25, -0.2) is 5.43 Å². The fourth-order valence-electron chi connectivity index (χ4n) is 3.21. The molecule has 6 heteroatoms. The van der Waals surface area contributed by atoms with Gasteiger partial charge in [0.15, 0.2) is 5.76 Å². The van der Waals surface area contributed by atoms with Gasteiger partial charge in [-0.3, -0.25) is 9.59 Å². The Balaban J connectivity index is 1.84. The van der Waals surface area contributed by atoms with Crippen LogP contribution in [0.25, 0.3) is 0 Å². The van der Waals surface area contributed by atoms with Crippen molar-refractivity contribution in [2.24, 2.45) is 5.10 Å². The molecule has 6 nitrogen and oxygen atoms in total. The van der Waals surface area contributed by atoms with Crippen LogP contribution in [0.1, 0.15) is 70.1 Å². The average molecular weight is 367 g/mol. The zero-order valence-electron chi connectivity index (χ0n) is 16.2. The van der Waals surface area contributed by atoms with Crippen molar-refractivity contribution in [2.75, 3.05) is 0 Å². The van der Waals surface area contributed by atoms with Gasteiger partial charge < -0.3 is 9.73 Å². The van der Waals surface area contributed by atoms with Crippen molar-refractivity contribution in [3.05, 3.63) is 58.0 Å². The summed E-state index contributed by atoms with van der Waals surface area (Å²) >= 11 is 0. The molecule has 0 spiro atoms. The zero-order valence-corrected chi connectivity index (χ0v) is 16.2. The molecule has 0 saturated heterocycles. The molecule has 1 aliphatic rings. The molecule has 0 bridgehead atoms. The number of amides is 2. The van der Waals surface area contributed by atoms with E-state index in [1.54, 1.807) is 12.1 Å². The van der Waals surface area contributed by atoms with Crippen LogP contribution >= 0.6 is 0 Å². The third-order valence-electron chi connectivity index (χ3n) is 4.56. The monoisotopic (exact) mass is 367 g/mol. The molecule has 2 aromatic rings. The van der Waals surface area contributed by atoms with Crippen LogP contribution in [0.2, 0.25) is 0 Å². The van der Waals surface area contributed by atoms with Crippen molar-refractivity contribution in [2.45, 2.75) is 53.0 Å². The molecule has 1 aromatic heterocycles. The van der Waals surface area contributed by atoms with E-state index in [9.17, 15) is 9.59 Å². The number of nitrogens with one attached hydrogen (secondary N) is 2. The Labute approximate surface area is 159 Å². The van der Waals surface area contributed by atoms with Gasteiger partial charge in [0.05, 0.1) is 5.71 Å². The first kappa shape index (κ1) is 18.9. The Morgan fingerprint density at radius 1 is 1.07 bits per heavy atom. The minimum Gasteiger partial charge on any atom is -0.455 e. The van der Waals surface area contributed by atoms with Crippen LogP contribution in [0.15, 0.2) is 33.8 Å².